The van der Waals surface area contributed by atoms with Crippen LogP contribution < -0.4 is 20.1 Å². The van der Waals surface area contributed by atoms with Gasteiger partial charge >= 0.3 is 0 Å². The average Bonchev–Trinajstić information content (AvgIpc) is 2.74. The predicted octanol–water partition coefficient (Wildman–Crippen LogP) is 4.75. The predicted molar refractivity (Wildman–Crippen MR) is 115 cm³/mol. The molecule has 2 N–H and O–H groups in total. The topological polar surface area (TPSA) is 59.6 Å². The summed E-state index contributed by atoms with van der Waals surface area (Å²) in [6.45, 7) is 1.08. The molecule has 0 aliphatic carbocycles. The van der Waals surface area contributed by atoms with Crippen molar-refractivity contribution in [1.82, 2.24) is 0 Å². The van der Waals surface area contributed by atoms with E-state index in [1.54, 1.807) is 12.1 Å². The van der Waals surface area contributed by atoms with Crippen LogP contribution in [-0.4, -0.2) is 25.7 Å². The molecule has 0 unspecified atom stereocenters. The molecule has 0 fully saturated rings. The van der Waals surface area contributed by atoms with Crippen molar-refractivity contribution in [3.05, 3.63) is 82.9 Å². The quantitative estimate of drug-likeness (QED) is 0.617. The fourth-order valence-corrected chi connectivity index (χ4v) is 3.40. The first-order valence-corrected chi connectivity index (χ1v) is 9.81. The van der Waals surface area contributed by atoms with Gasteiger partial charge in [-0.15, -0.1) is 0 Å². The normalized spacial score (nSPS) is 12.3. The molecule has 0 saturated carbocycles. The Morgan fingerprint density at radius 2 is 1.59 bits per heavy atom. The van der Waals surface area contributed by atoms with Crippen LogP contribution in [0.5, 0.6) is 11.5 Å². The second kappa shape index (κ2) is 8.88. The maximum Gasteiger partial charge on any atom is 0.243 e. The van der Waals surface area contributed by atoms with Crippen molar-refractivity contribution in [3.8, 4) is 11.5 Å². The minimum Gasteiger partial charge on any atom is -0.486 e. The number of hydrogen-bond donors (Lipinski definition) is 2. The van der Waals surface area contributed by atoms with E-state index in [-0.39, 0.29) is 12.5 Å². The Labute approximate surface area is 174 Å². The smallest absolute Gasteiger partial charge is 0.243 e. The Bertz CT molecular complexity index is 1010. The van der Waals surface area contributed by atoms with E-state index in [0.717, 1.165) is 17.7 Å². The molecule has 1 aliphatic heterocycles. The lowest BCUT2D eigenvalue weighted by Gasteiger charge is -2.20. The lowest BCUT2D eigenvalue weighted by Crippen LogP contribution is -2.23. The first kappa shape index (κ1) is 19.2. The lowest BCUT2D eigenvalue weighted by atomic mass is 10.0. The number of ether oxygens (including phenoxy) is 2. The first-order valence-electron chi connectivity index (χ1n) is 9.44. The zero-order valence-electron chi connectivity index (χ0n) is 15.8. The van der Waals surface area contributed by atoms with E-state index in [9.17, 15) is 4.79 Å². The summed E-state index contributed by atoms with van der Waals surface area (Å²) in [4.78, 5) is 12.5. The third-order valence-electron chi connectivity index (χ3n) is 4.60. The van der Waals surface area contributed by atoms with Crippen molar-refractivity contribution in [2.75, 3.05) is 30.4 Å². The summed E-state index contributed by atoms with van der Waals surface area (Å²) in [6, 6.07) is 21.4. The number of hydrogen-bond acceptors (Lipinski definition) is 4. The lowest BCUT2D eigenvalue weighted by molar-refractivity contribution is -0.114. The average molecular weight is 409 g/mol. The maximum absolute atomic E-state index is 12.5. The summed E-state index contributed by atoms with van der Waals surface area (Å²) in [5.74, 6) is 1.08. The van der Waals surface area contributed by atoms with Gasteiger partial charge in [0.15, 0.2) is 11.5 Å². The second-order valence-electron chi connectivity index (χ2n) is 6.70. The third kappa shape index (κ3) is 4.81. The molecule has 0 radical (unpaired) electrons. The highest BCUT2D eigenvalue weighted by molar-refractivity contribution is 6.33. The zero-order valence-corrected chi connectivity index (χ0v) is 16.5. The molecular formula is C23H21ClN2O3. The molecule has 29 heavy (non-hydrogen) atoms. The molecule has 1 heterocycles. The second-order valence-corrected chi connectivity index (χ2v) is 7.10. The van der Waals surface area contributed by atoms with Gasteiger partial charge in [0.1, 0.15) is 13.2 Å². The van der Waals surface area contributed by atoms with Gasteiger partial charge in [-0.25, -0.2) is 0 Å². The van der Waals surface area contributed by atoms with E-state index in [4.69, 9.17) is 21.1 Å². The van der Waals surface area contributed by atoms with Crippen molar-refractivity contribution in [3.63, 3.8) is 0 Å². The fraction of sp³-hybridized carbons (Fsp3) is 0.174. The van der Waals surface area contributed by atoms with Gasteiger partial charge in [0.05, 0.1) is 17.3 Å². The molecule has 6 heteroatoms. The van der Waals surface area contributed by atoms with Crippen molar-refractivity contribution in [2.45, 2.75) is 6.42 Å². The minimum absolute atomic E-state index is 0.0824. The zero-order chi connectivity index (χ0) is 20.1. The van der Waals surface area contributed by atoms with Gasteiger partial charge in [-0.2, -0.15) is 0 Å². The number of halogens is 1. The van der Waals surface area contributed by atoms with Gasteiger partial charge in [-0.3, -0.25) is 4.79 Å². The molecule has 4 rings (SSSR count). The summed E-state index contributed by atoms with van der Waals surface area (Å²) in [5.41, 5.74) is 3.68. The van der Waals surface area contributed by atoms with Crippen LogP contribution in [-0.2, 0) is 11.2 Å². The van der Waals surface area contributed by atoms with E-state index < -0.39 is 0 Å². The summed E-state index contributed by atoms with van der Waals surface area (Å²) in [7, 11) is 0. The number of carbonyl (C=O) groups excluding carboxylic acids is 1. The van der Waals surface area contributed by atoms with Crippen LogP contribution in [0.1, 0.15) is 11.1 Å². The van der Waals surface area contributed by atoms with Crippen LogP contribution in [0.25, 0.3) is 0 Å². The standard InChI is InChI=1S/C23H21ClN2O3/c24-18-13-21-22(29-11-10-28-21)14-20(18)25-15-23(27)26-19-9-5-4-8-17(19)12-16-6-2-1-3-7-16/h1-9,13-14,25H,10-12,15H2,(H,26,27). The number of rotatable bonds is 6. The number of anilines is 2. The summed E-state index contributed by atoms with van der Waals surface area (Å²) < 4.78 is 11.1. The molecule has 3 aromatic carbocycles. The van der Waals surface area contributed by atoms with Gasteiger partial charge in [0, 0.05) is 17.8 Å². The van der Waals surface area contributed by atoms with Crippen LogP contribution in [0.3, 0.4) is 0 Å². The van der Waals surface area contributed by atoms with E-state index in [1.807, 2.05) is 42.5 Å². The first-order chi connectivity index (χ1) is 14.2. The van der Waals surface area contributed by atoms with Gasteiger partial charge < -0.3 is 20.1 Å². The molecule has 0 bridgehead atoms. The van der Waals surface area contributed by atoms with E-state index in [1.165, 1.54) is 5.56 Å². The van der Waals surface area contributed by atoms with Crippen LogP contribution in [0.15, 0.2) is 66.7 Å². The molecule has 148 valence electrons. The van der Waals surface area contributed by atoms with Crippen molar-refractivity contribution in [1.29, 1.82) is 0 Å². The summed E-state index contributed by atoms with van der Waals surface area (Å²) in [5, 5.41) is 6.53. The summed E-state index contributed by atoms with van der Waals surface area (Å²) in [6.07, 6.45) is 0.749. The highest BCUT2D eigenvalue weighted by Gasteiger charge is 2.16. The summed E-state index contributed by atoms with van der Waals surface area (Å²) >= 11 is 6.29. The van der Waals surface area contributed by atoms with Crippen LogP contribution in [0.2, 0.25) is 5.02 Å². The molecule has 0 saturated heterocycles. The van der Waals surface area contributed by atoms with Crippen molar-refractivity contribution in [2.24, 2.45) is 0 Å². The monoisotopic (exact) mass is 408 g/mol. The molecule has 1 aliphatic rings. The highest BCUT2D eigenvalue weighted by Crippen LogP contribution is 2.37. The Morgan fingerprint density at radius 1 is 0.897 bits per heavy atom. The number of amides is 1. The van der Waals surface area contributed by atoms with E-state index >= 15 is 0 Å². The Balaban J connectivity index is 1.41. The minimum atomic E-state index is -0.156. The molecule has 5 nitrogen and oxygen atoms in total. The fourth-order valence-electron chi connectivity index (χ4n) is 3.18. The molecule has 1 amide bonds. The van der Waals surface area contributed by atoms with Crippen molar-refractivity contribution < 1.29 is 14.3 Å². The molecule has 0 aromatic heterocycles. The Kier molecular flexibility index (Phi) is 5.86. The number of para-hydroxylation sites is 1. The maximum atomic E-state index is 12.5. The van der Waals surface area contributed by atoms with E-state index in [0.29, 0.717) is 35.4 Å². The van der Waals surface area contributed by atoms with Gasteiger partial charge in [0.25, 0.3) is 0 Å². The van der Waals surface area contributed by atoms with Gasteiger partial charge in [0.2, 0.25) is 5.91 Å². The molecule has 0 atom stereocenters. The van der Waals surface area contributed by atoms with Crippen LogP contribution >= 0.6 is 11.6 Å². The largest absolute Gasteiger partial charge is 0.486 e. The molecular weight excluding hydrogens is 388 g/mol. The van der Waals surface area contributed by atoms with E-state index in [2.05, 4.69) is 22.8 Å². The van der Waals surface area contributed by atoms with Gasteiger partial charge in [-0.05, 0) is 23.6 Å². The molecule has 3 aromatic rings. The number of nitrogens with one attached hydrogen (secondary N) is 2. The van der Waals surface area contributed by atoms with Gasteiger partial charge in [-0.1, -0.05) is 60.1 Å². The third-order valence-corrected chi connectivity index (χ3v) is 4.91. The van der Waals surface area contributed by atoms with Crippen molar-refractivity contribution >= 4 is 28.9 Å². The van der Waals surface area contributed by atoms with Crippen LogP contribution in [0, 0.1) is 0 Å². The Morgan fingerprint density at radius 3 is 2.38 bits per heavy atom. The number of fused-ring (bicyclic) bond motifs is 1. The number of carbonyl (C=O) groups is 1. The highest BCUT2D eigenvalue weighted by atomic mass is 35.5. The van der Waals surface area contributed by atoms with Crippen LogP contribution in [0.4, 0.5) is 11.4 Å². The SMILES string of the molecule is O=C(CNc1cc2c(cc1Cl)OCCO2)Nc1ccccc1Cc1ccccc1. The Hall–Kier alpha value is -3.18. The number of benzene rings is 3. The molecule has 0 spiro atoms.